The van der Waals surface area contributed by atoms with Crippen molar-refractivity contribution in [3.8, 4) is 11.3 Å². The number of hydrogen-bond donors (Lipinski definition) is 0. The van der Waals surface area contributed by atoms with Crippen LogP contribution in [0, 0.1) is 12.7 Å². The molecule has 0 saturated carbocycles. The number of nitrogens with zero attached hydrogens (tertiary/aromatic N) is 3. The molecule has 1 aliphatic heterocycles. The topological polar surface area (TPSA) is 70.6 Å². The number of amides is 1. The molecule has 0 aliphatic carbocycles. The van der Waals surface area contributed by atoms with E-state index in [0.29, 0.717) is 11.3 Å². The number of carbonyl (C=O) groups excluding carboxylic acids is 1. The second-order valence-corrected chi connectivity index (χ2v) is 9.23. The lowest BCUT2D eigenvalue weighted by Crippen LogP contribution is -2.50. The average Bonchev–Trinajstić information content (AvgIpc) is 2.79. The Morgan fingerprint density at radius 3 is 2.19 bits per heavy atom. The second-order valence-electron chi connectivity index (χ2n) is 7.32. The van der Waals surface area contributed by atoms with E-state index in [4.69, 9.17) is 0 Å². The summed E-state index contributed by atoms with van der Waals surface area (Å²) < 4.78 is 40.7. The van der Waals surface area contributed by atoms with Gasteiger partial charge in [0.1, 0.15) is 10.7 Å². The first-order valence-corrected chi connectivity index (χ1v) is 11.4. The molecule has 160 valence electrons. The van der Waals surface area contributed by atoms with E-state index in [9.17, 15) is 17.6 Å². The van der Waals surface area contributed by atoms with Gasteiger partial charge in [0.05, 0.1) is 17.0 Å². The molecule has 0 radical (unpaired) electrons. The fourth-order valence-corrected chi connectivity index (χ4v) is 5.14. The standard InChI is InChI=1S/C23H22FN3O3S/c1-17-19(11-12-21(25-17)18-7-3-2-4-8-18)23(28)26-13-15-27(16-14-26)31(29,30)22-10-6-5-9-20(22)24/h2-12H,13-16H2,1H3. The first kappa shape index (κ1) is 21.1. The molecular formula is C23H22FN3O3S. The van der Waals surface area contributed by atoms with Crippen molar-refractivity contribution in [2.24, 2.45) is 0 Å². The second kappa shape index (κ2) is 8.56. The number of carbonyl (C=O) groups is 1. The number of rotatable bonds is 4. The van der Waals surface area contributed by atoms with Crippen molar-refractivity contribution in [2.45, 2.75) is 11.8 Å². The predicted octanol–water partition coefficient (Wildman–Crippen LogP) is 3.34. The third-order valence-corrected chi connectivity index (χ3v) is 7.30. The van der Waals surface area contributed by atoms with Crippen LogP contribution in [0.4, 0.5) is 4.39 Å². The van der Waals surface area contributed by atoms with Crippen LogP contribution in [-0.2, 0) is 10.0 Å². The van der Waals surface area contributed by atoms with Gasteiger partial charge in [-0.15, -0.1) is 0 Å². The molecule has 0 spiro atoms. The molecule has 2 heterocycles. The highest BCUT2D eigenvalue weighted by Crippen LogP contribution is 2.23. The van der Waals surface area contributed by atoms with Crippen LogP contribution >= 0.6 is 0 Å². The molecule has 3 aromatic rings. The molecule has 1 aromatic heterocycles. The lowest BCUT2D eigenvalue weighted by atomic mass is 10.1. The molecule has 4 rings (SSSR count). The minimum Gasteiger partial charge on any atom is -0.336 e. The number of pyridine rings is 1. The summed E-state index contributed by atoms with van der Waals surface area (Å²) >= 11 is 0. The van der Waals surface area contributed by atoms with Crippen LogP contribution in [0.5, 0.6) is 0 Å². The van der Waals surface area contributed by atoms with Gasteiger partial charge in [0.25, 0.3) is 5.91 Å². The number of benzene rings is 2. The van der Waals surface area contributed by atoms with Gasteiger partial charge in [0.2, 0.25) is 10.0 Å². The molecule has 0 unspecified atom stereocenters. The third kappa shape index (κ3) is 4.22. The number of aromatic nitrogens is 1. The maximum atomic E-state index is 14.0. The van der Waals surface area contributed by atoms with Gasteiger partial charge in [0.15, 0.2) is 0 Å². The highest BCUT2D eigenvalue weighted by Gasteiger charge is 2.32. The summed E-state index contributed by atoms with van der Waals surface area (Å²) in [6.45, 7) is 2.46. The zero-order valence-electron chi connectivity index (χ0n) is 17.0. The average molecular weight is 440 g/mol. The molecule has 6 nitrogen and oxygen atoms in total. The summed E-state index contributed by atoms with van der Waals surface area (Å²) in [7, 11) is -3.94. The van der Waals surface area contributed by atoms with Gasteiger partial charge in [0, 0.05) is 31.7 Å². The van der Waals surface area contributed by atoms with Crippen LogP contribution in [0.15, 0.2) is 71.6 Å². The van der Waals surface area contributed by atoms with E-state index >= 15 is 0 Å². The van der Waals surface area contributed by atoms with Gasteiger partial charge in [-0.2, -0.15) is 4.31 Å². The fourth-order valence-electron chi connectivity index (χ4n) is 3.65. The third-order valence-electron chi connectivity index (χ3n) is 5.37. The quantitative estimate of drug-likeness (QED) is 0.625. The Labute approximate surface area is 181 Å². The number of piperazine rings is 1. The Bertz CT molecular complexity index is 1210. The molecular weight excluding hydrogens is 417 g/mol. The Hall–Kier alpha value is -3.10. The normalized spacial score (nSPS) is 15.1. The van der Waals surface area contributed by atoms with Crippen molar-refractivity contribution >= 4 is 15.9 Å². The molecule has 2 aromatic carbocycles. The van der Waals surface area contributed by atoms with Crippen molar-refractivity contribution in [3.05, 3.63) is 83.8 Å². The Balaban J connectivity index is 1.47. The summed E-state index contributed by atoms with van der Waals surface area (Å²) in [5, 5.41) is 0. The highest BCUT2D eigenvalue weighted by molar-refractivity contribution is 7.89. The van der Waals surface area contributed by atoms with E-state index in [1.54, 1.807) is 17.9 Å². The molecule has 1 amide bonds. The predicted molar refractivity (Wildman–Crippen MR) is 115 cm³/mol. The van der Waals surface area contributed by atoms with Crippen LogP contribution in [0.2, 0.25) is 0 Å². The van der Waals surface area contributed by atoms with Gasteiger partial charge in [-0.25, -0.2) is 12.8 Å². The summed E-state index contributed by atoms with van der Waals surface area (Å²) in [6.07, 6.45) is 0. The molecule has 0 bridgehead atoms. The van der Waals surface area contributed by atoms with Crippen LogP contribution < -0.4 is 0 Å². The molecule has 1 aliphatic rings. The number of aryl methyl sites for hydroxylation is 1. The summed E-state index contributed by atoms with van der Waals surface area (Å²) in [4.78, 5) is 18.8. The number of sulfonamides is 1. The number of hydrogen-bond acceptors (Lipinski definition) is 4. The smallest absolute Gasteiger partial charge is 0.255 e. The zero-order chi connectivity index (χ0) is 22.0. The van der Waals surface area contributed by atoms with E-state index < -0.39 is 15.8 Å². The SMILES string of the molecule is Cc1nc(-c2ccccc2)ccc1C(=O)N1CCN(S(=O)(=O)c2ccccc2F)CC1. The van der Waals surface area contributed by atoms with Crippen molar-refractivity contribution in [3.63, 3.8) is 0 Å². The lowest BCUT2D eigenvalue weighted by Gasteiger charge is -2.34. The molecule has 8 heteroatoms. The van der Waals surface area contributed by atoms with Gasteiger partial charge < -0.3 is 4.90 Å². The Morgan fingerprint density at radius 2 is 1.55 bits per heavy atom. The van der Waals surface area contributed by atoms with Crippen LogP contribution in [0.3, 0.4) is 0 Å². The van der Waals surface area contributed by atoms with Gasteiger partial charge in [-0.3, -0.25) is 9.78 Å². The fraction of sp³-hybridized carbons (Fsp3) is 0.217. The van der Waals surface area contributed by atoms with Crippen LogP contribution in [-0.4, -0.2) is 54.7 Å². The Kier molecular flexibility index (Phi) is 5.84. The highest BCUT2D eigenvalue weighted by atomic mass is 32.2. The van der Waals surface area contributed by atoms with Gasteiger partial charge >= 0.3 is 0 Å². The minimum atomic E-state index is -3.94. The monoisotopic (exact) mass is 439 g/mol. The van der Waals surface area contributed by atoms with E-state index in [-0.39, 0.29) is 37.0 Å². The van der Waals surface area contributed by atoms with E-state index in [0.717, 1.165) is 17.3 Å². The molecule has 0 atom stereocenters. The lowest BCUT2D eigenvalue weighted by molar-refractivity contribution is 0.0696. The zero-order valence-corrected chi connectivity index (χ0v) is 17.8. The van der Waals surface area contributed by atoms with E-state index in [1.165, 1.54) is 22.5 Å². The minimum absolute atomic E-state index is 0.108. The van der Waals surface area contributed by atoms with E-state index in [2.05, 4.69) is 4.98 Å². The van der Waals surface area contributed by atoms with Crippen LogP contribution in [0.1, 0.15) is 16.1 Å². The first-order chi connectivity index (χ1) is 14.9. The van der Waals surface area contributed by atoms with Crippen molar-refractivity contribution < 1.29 is 17.6 Å². The largest absolute Gasteiger partial charge is 0.336 e. The molecule has 0 N–H and O–H groups in total. The summed E-state index contributed by atoms with van der Waals surface area (Å²) in [5.74, 6) is -0.964. The molecule has 31 heavy (non-hydrogen) atoms. The van der Waals surface area contributed by atoms with Crippen molar-refractivity contribution in [1.29, 1.82) is 0 Å². The van der Waals surface area contributed by atoms with Gasteiger partial charge in [-0.05, 0) is 31.2 Å². The summed E-state index contributed by atoms with van der Waals surface area (Å²) in [6, 6.07) is 18.6. The summed E-state index contributed by atoms with van der Waals surface area (Å²) in [5.41, 5.74) is 2.87. The van der Waals surface area contributed by atoms with Crippen molar-refractivity contribution in [2.75, 3.05) is 26.2 Å². The van der Waals surface area contributed by atoms with Gasteiger partial charge in [-0.1, -0.05) is 42.5 Å². The molecule has 1 saturated heterocycles. The van der Waals surface area contributed by atoms with Crippen LogP contribution in [0.25, 0.3) is 11.3 Å². The maximum Gasteiger partial charge on any atom is 0.255 e. The number of halogens is 1. The Morgan fingerprint density at radius 1 is 0.903 bits per heavy atom. The maximum absolute atomic E-state index is 14.0. The first-order valence-electron chi connectivity index (χ1n) is 9.95. The van der Waals surface area contributed by atoms with Crippen molar-refractivity contribution in [1.82, 2.24) is 14.2 Å². The molecule has 1 fully saturated rings. The van der Waals surface area contributed by atoms with E-state index in [1.807, 2.05) is 36.4 Å².